The summed E-state index contributed by atoms with van der Waals surface area (Å²) >= 11 is 0. The first kappa shape index (κ1) is 11.0. The molecule has 94 valence electrons. The van der Waals surface area contributed by atoms with Crippen LogP contribution in [0.5, 0.6) is 0 Å². The van der Waals surface area contributed by atoms with Crippen molar-refractivity contribution in [2.45, 2.75) is 32.1 Å². The smallest absolute Gasteiger partial charge is 0.000740 e. The Morgan fingerprint density at radius 2 is 1.58 bits per heavy atom. The van der Waals surface area contributed by atoms with Gasteiger partial charge >= 0.3 is 0 Å². The molecule has 0 radical (unpaired) electrons. The summed E-state index contributed by atoms with van der Waals surface area (Å²) in [5.74, 6) is 0. The number of hydrogen-bond donors (Lipinski definition) is 0. The van der Waals surface area contributed by atoms with Crippen LogP contribution in [0.15, 0.2) is 48.5 Å². The highest BCUT2D eigenvalue weighted by Gasteiger charge is 2.21. The molecule has 0 aromatic heterocycles. The maximum Gasteiger partial charge on any atom is -0.000740 e. The second kappa shape index (κ2) is 4.38. The molecule has 2 aliphatic rings. The molecule has 0 unspecified atom stereocenters. The van der Waals surface area contributed by atoms with Crippen LogP contribution in [0.3, 0.4) is 0 Å². The Bertz CT molecular complexity index is 661. The van der Waals surface area contributed by atoms with Gasteiger partial charge in [0.25, 0.3) is 0 Å². The van der Waals surface area contributed by atoms with E-state index in [1.54, 1.807) is 11.1 Å². The average molecular weight is 246 g/mol. The van der Waals surface area contributed by atoms with Crippen molar-refractivity contribution in [3.8, 4) is 11.1 Å². The monoisotopic (exact) mass is 246 g/mol. The first-order valence-electron chi connectivity index (χ1n) is 7.33. The molecule has 2 aliphatic carbocycles. The second-order valence-corrected chi connectivity index (χ2v) is 5.64. The number of fused-ring (bicyclic) bond motifs is 3. The standard InChI is InChI=1S/C19H18/c1-2-7-14(8-3-1)16-11-6-12-18-17-10-5-4-9-15(17)13-19(16)18/h4-7,9-12H,1-3,8,13H2. The summed E-state index contributed by atoms with van der Waals surface area (Å²) in [6.45, 7) is 0. The Labute approximate surface area is 114 Å². The van der Waals surface area contributed by atoms with Gasteiger partial charge in [-0.2, -0.15) is 0 Å². The molecule has 2 aromatic rings. The van der Waals surface area contributed by atoms with Crippen molar-refractivity contribution in [1.29, 1.82) is 0 Å². The zero-order valence-corrected chi connectivity index (χ0v) is 11.2. The lowest BCUT2D eigenvalue weighted by atomic mass is 9.89. The summed E-state index contributed by atoms with van der Waals surface area (Å²) in [4.78, 5) is 0. The quantitative estimate of drug-likeness (QED) is 0.552. The van der Waals surface area contributed by atoms with Gasteiger partial charge in [0.05, 0.1) is 0 Å². The van der Waals surface area contributed by atoms with E-state index < -0.39 is 0 Å². The van der Waals surface area contributed by atoms with Crippen molar-refractivity contribution in [3.63, 3.8) is 0 Å². The fourth-order valence-corrected chi connectivity index (χ4v) is 3.54. The summed E-state index contributed by atoms with van der Waals surface area (Å²) < 4.78 is 0. The predicted molar refractivity (Wildman–Crippen MR) is 81.1 cm³/mol. The van der Waals surface area contributed by atoms with Crippen LogP contribution in [0.2, 0.25) is 0 Å². The molecule has 0 nitrogen and oxygen atoms in total. The minimum atomic E-state index is 1.11. The first-order valence-corrected chi connectivity index (χ1v) is 7.33. The minimum Gasteiger partial charge on any atom is -0.0807 e. The summed E-state index contributed by atoms with van der Waals surface area (Å²) in [7, 11) is 0. The van der Waals surface area contributed by atoms with Crippen LogP contribution in [0, 0.1) is 0 Å². The summed E-state index contributed by atoms with van der Waals surface area (Å²) in [5, 5.41) is 0. The number of allylic oxidation sites excluding steroid dienone is 2. The molecular weight excluding hydrogens is 228 g/mol. The number of rotatable bonds is 1. The molecule has 0 fully saturated rings. The summed E-state index contributed by atoms with van der Waals surface area (Å²) in [5.41, 5.74) is 9.03. The van der Waals surface area contributed by atoms with Crippen molar-refractivity contribution >= 4 is 5.57 Å². The molecule has 0 saturated heterocycles. The highest BCUT2D eigenvalue weighted by Crippen LogP contribution is 2.41. The molecule has 0 heteroatoms. The first-order chi connectivity index (χ1) is 9.43. The van der Waals surface area contributed by atoms with Gasteiger partial charge in [-0.3, -0.25) is 0 Å². The van der Waals surface area contributed by atoms with E-state index >= 15 is 0 Å². The van der Waals surface area contributed by atoms with E-state index in [2.05, 4.69) is 48.5 Å². The Kier molecular flexibility index (Phi) is 2.55. The molecule has 0 bridgehead atoms. The van der Waals surface area contributed by atoms with Gasteiger partial charge in [0, 0.05) is 0 Å². The predicted octanol–water partition coefficient (Wildman–Crippen LogP) is 5.22. The minimum absolute atomic E-state index is 1.11. The summed E-state index contributed by atoms with van der Waals surface area (Å²) in [6, 6.07) is 15.7. The van der Waals surface area contributed by atoms with Gasteiger partial charge < -0.3 is 0 Å². The lowest BCUT2D eigenvalue weighted by Crippen LogP contribution is -1.96. The zero-order chi connectivity index (χ0) is 12.7. The SMILES string of the molecule is C1=C(c2cccc3c2Cc2ccccc2-3)CCCC1. The topological polar surface area (TPSA) is 0 Å². The molecule has 0 aliphatic heterocycles. The Morgan fingerprint density at radius 1 is 0.737 bits per heavy atom. The maximum atomic E-state index is 2.46. The maximum absolute atomic E-state index is 2.46. The molecule has 0 atom stereocenters. The second-order valence-electron chi connectivity index (χ2n) is 5.64. The van der Waals surface area contributed by atoms with Gasteiger partial charge in [-0.1, -0.05) is 48.5 Å². The largest absolute Gasteiger partial charge is 0.0807 e. The third-order valence-corrected chi connectivity index (χ3v) is 4.49. The Hall–Kier alpha value is -1.82. The third-order valence-electron chi connectivity index (χ3n) is 4.49. The van der Waals surface area contributed by atoms with Gasteiger partial charge in [-0.05, 0) is 65.5 Å². The van der Waals surface area contributed by atoms with Gasteiger partial charge in [-0.25, -0.2) is 0 Å². The van der Waals surface area contributed by atoms with Crippen molar-refractivity contribution in [1.82, 2.24) is 0 Å². The van der Waals surface area contributed by atoms with E-state index in [1.165, 1.54) is 47.9 Å². The van der Waals surface area contributed by atoms with Gasteiger partial charge in [0.2, 0.25) is 0 Å². The zero-order valence-electron chi connectivity index (χ0n) is 11.2. The van der Waals surface area contributed by atoms with Crippen LogP contribution in [0.25, 0.3) is 16.7 Å². The fourth-order valence-electron chi connectivity index (χ4n) is 3.54. The van der Waals surface area contributed by atoms with Crippen LogP contribution in [-0.2, 0) is 6.42 Å². The van der Waals surface area contributed by atoms with Gasteiger partial charge in [0.15, 0.2) is 0 Å². The normalized spacial score (nSPS) is 16.7. The van der Waals surface area contributed by atoms with Crippen LogP contribution >= 0.6 is 0 Å². The average Bonchev–Trinajstić information content (AvgIpc) is 2.87. The number of benzene rings is 2. The van der Waals surface area contributed by atoms with Gasteiger partial charge in [0.1, 0.15) is 0 Å². The molecule has 4 rings (SSSR count). The van der Waals surface area contributed by atoms with Crippen LogP contribution < -0.4 is 0 Å². The highest BCUT2D eigenvalue weighted by atomic mass is 14.3. The fraction of sp³-hybridized carbons (Fsp3) is 0.263. The highest BCUT2D eigenvalue weighted by molar-refractivity contribution is 5.83. The van der Waals surface area contributed by atoms with Crippen LogP contribution in [0.1, 0.15) is 42.4 Å². The van der Waals surface area contributed by atoms with E-state index in [0.29, 0.717) is 0 Å². The molecular formula is C19H18. The Balaban J connectivity index is 1.87. The Morgan fingerprint density at radius 3 is 2.47 bits per heavy atom. The third kappa shape index (κ3) is 1.74. The molecule has 0 amide bonds. The van der Waals surface area contributed by atoms with E-state index in [0.717, 1.165) is 6.42 Å². The van der Waals surface area contributed by atoms with Crippen LogP contribution in [0.4, 0.5) is 0 Å². The molecule has 0 spiro atoms. The van der Waals surface area contributed by atoms with Crippen molar-refractivity contribution in [3.05, 3.63) is 65.2 Å². The molecule has 2 aromatic carbocycles. The lowest BCUT2D eigenvalue weighted by Gasteiger charge is -2.16. The van der Waals surface area contributed by atoms with E-state index in [-0.39, 0.29) is 0 Å². The van der Waals surface area contributed by atoms with E-state index in [9.17, 15) is 0 Å². The van der Waals surface area contributed by atoms with Gasteiger partial charge in [-0.15, -0.1) is 0 Å². The molecule has 19 heavy (non-hydrogen) atoms. The lowest BCUT2D eigenvalue weighted by molar-refractivity contribution is 0.741. The summed E-state index contributed by atoms with van der Waals surface area (Å²) in [6.07, 6.45) is 8.79. The molecule has 0 N–H and O–H groups in total. The van der Waals surface area contributed by atoms with Crippen molar-refractivity contribution in [2.75, 3.05) is 0 Å². The van der Waals surface area contributed by atoms with E-state index in [4.69, 9.17) is 0 Å². The molecule has 0 heterocycles. The van der Waals surface area contributed by atoms with E-state index in [1.807, 2.05) is 0 Å². The van der Waals surface area contributed by atoms with Crippen molar-refractivity contribution < 1.29 is 0 Å². The molecule has 0 saturated carbocycles. The van der Waals surface area contributed by atoms with Crippen molar-refractivity contribution in [2.24, 2.45) is 0 Å². The number of hydrogen-bond acceptors (Lipinski definition) is 0. The van der Waals surface area contributed by atoms with Crippen LogP contribution in [-0.4, -0.2) is 0 Å².